The lowest BCUT2D eigenvalue weighted by molar-refractivity contribution is 0.178. The lowest BCUT2D eigenvalue weighted by atomic mass is 9.84. The molecule has 0 aromatic heterocycles. The summed E-state index contributed by atoms with van der Waals surface area (Å²) in [7, 11) is 0. The van der Waals surface area contributed by atoms with E-state index < -0.39 is 0 Å². The summed E-state index contributed by atoms with van der Waals surface area (Å²) in [5, 5.41) is 1.85. The SMILES string of the molecule is CC(C1CCCCC1)N(N)/C=C(\N)C1CC1. The minimum absolute atomic E-state index is 0.428. The van der Waals surface area contributed by atoms with Crippen molar-refractivity contribution in [2.75, 3.05) is 0 Å². The molecule has 2 fully saturated rings. The van der Waals surface area contributed by atoms with Crippen molar-refractivity contribution in [3.63, 3.8) is 0 Å². The highest BCUT2D eigenvalue weighted by Crippen LogP contribution is 2.34. The van der Waals surface area contributed by atoms with Crippen molar-refractivity contribution in [1.82, 2.24) is 5.01 Å². The van der Waals surface area contributed by atoms with Crippen molar-refractivity contribution in [3.05, 3.63) is 11.9 Å². The van der Waals surface area contributed by atoms with Gasteiger partial charge < -0.3 is 10.7 Å². The number of allylic oxidation sites excluding steroid dienone is 1. The summed E-state index contributed by atoms with van der Waals surface area (Å²) in [5.41, 5.74) is 6.96. The molecule has 0 bridgehead atoms. The Morgan fingerprint density at radius 3 is 2.38 bits per heavy atom. The molecule has 2 saturated carbocycles. The van der Waals surface area contributed by atoms with Crippen molar-refractivity contribution in [1.29, 1.82) is 0 Å². The average molecular weight is 223 g/mol. The zero-order valence-corrected chi connectivity index (χ0v) is 10.4. The molecule has 3 heteroatoms. The fourth-order valence-electron chi connectivity index (χ4n) is 2.67. The smallest absolute Gasteiger partial charge is 0.0446 e. The molecule has 1 unspecified atom stereocenters. The van der Waals surface area contributed by atoms with Crippen molar-refractivity contribution >= 4 is 0 Å². The summed E-state index contributed by atoms with van der Waals surface area (Å²) in [6.07, 6.45) is 11.2. The first-order valence-corrected chi connectivity index (χ1v) is 6.68. The van der Waals surface area contributed by atoms with Crippen LogP contribution in [0.15, 0.2) is 11.9 Å². The Morgan fingerprint density at radius 2 is 1.81 bits per heavy atom. The zero-order chi connectivity index (χ0) is 11.5. The summed E-state index contributed by atoms with van der Waals surface area (Å²) < 4.78 is 0. The number of nitrogens with zero attached hydrogens (tertiary/aromatic N) is 1. The number of rotatable bonds is 4. The van der Waals surface area contributed by atoms with Gasteiger partial charge in [0.1, 0.15) is 0 Å². The summed E-state index contributed by atoms with van der Waals surface area (Å²) in [4.78, 5) is 0. The van der Waals surface area contributed by atoms with E-state index in [1.165, 1.54) is 44.9 Å². The second-order valence-corrected chi connectivity index (χ2v) is 5.49. The van der Waals surface area contributed by atoms with Crippen molar-refractivity contribution < 1.29 is 0 Å². The largest absolute Gasteiger partial charge is 0.401 e. The Morgan fingerprint density at radius 1 is 1.19 bits per heavy atom. The van der Waals surface area contributed by atoms with Crippen LogP contribution in [0, 0.1) is 11.8 Å². The topological polar surface area (TPSA) is 55.3 Å². The van der Waals surface area contributed by atoms with E-state index in [9.17, 15) is 0 Å². The zero-order valence-electron chi connectivity index (χ0n) is 10.4. The molecular weight excluding hydrogens is 198 g/mol. The van der Waals surface area contributed by atoms with Crippen molar-refractivity contribution in [2.45, 2.75) is 57.9 Å². The molecule has 0 amide bonds. The Kier molecular flexibility index (Phi) is 3.74. The first-order valence-electron chi connectivity index (χ1n) is 6.68. The van der Waals surface area contributed by atoms with Crippen LogP contribution in [0.1, 0.15) is 51.9 Å². The molecule has 0 aromatic rings. The van der Waals surface area contributed by atoms with E-state index in [-0.39, 0.29) is 0 Å². The highest BCUT2D eigenvalue weighted by molar-refractivity contribution is 5.07. The summed E-state index contributed by atoms with van der Waals surface area (Å²) in [6, 6.07) is 0.428. The average Bonchev–Trinajstić information content (AvgIpc) is 3.13. The van der Waals surface area contributed by atoms with E-state index in [2.05, 4.69) is 6.92 Å². The van der Waals surface area contributed by atoms with Gasteiger partial charge in [0, 0.05) is 23.9 Å². The fourth-order valence-corrected chi connectivity index (χ4v) is 2.67. The Hall–Kier alpha value is -0.700. The van der Waals surface area contributed by atoms with Crippen LogP contribution in [-0.4, -0.2) is 11.1 Å². The van der Waals surface area contributed by atoms with Gasteiger partial charge >= 0.3 is 0 Å². The Balaban J connectivity index is 1.86. The standard InChI is InChI=1S/C13H25N3/c1-10(11-5-3-2-4-6-11)16(15)9-13(14)12-7-8-12/h9-12H,2-8,14-15H2,1H3/b13-9-. The first kappa shape index (κ1) is 11.8. The van der Waals surface area contributed by atoms with Gasteiger partial charge in [-0.05, 0) is 38.5 Å². The molecule has 0 aliphatic heterocycles. The number of nitrogens with two attached hydrogens (primary N) is 2. The Labute approximate surface area is 98.8 Å². The molecule has 2 rings (SSSR count). The molecule has 0 radical (unpaired) electrons. The van der Waals surface area contributed by atoms with Crippen molar-refractivity contribution in [3.8, 4) is 0 Å². The second-order valence-electron chi connectivity index (χ2n) is 5.49. The molecule has 2 aliphatic carbocycles. The van der Waals surface area contributed by atoms with Gasteiger partial charge in [0.2, 0.25) is 0 Å². The van der Waals surface area contributed by atoms with E-state index in [1.54, 1.807) is 0 Å². The van der Waals surface area contributed by atoms with Gasteiger partial charge in [0.05, 0.1) is 0 Å². The van der Waals surface area contributed by atoms with Gasteiger partial charge in [0.25, 0.3) is 0 Å². The quantitative estimate of drug-likeness (QED) is 0.568. The second kappa shape index (κ2) is 5.09. The van der Waals surface area contributed by atoms with Crippen LogP contribution >= 0.6 is 0 Å². The monoisotopic (exact) mass is 223 g/mol. The molecule has 2 aliphatic rings. The van der Waals surface area contributed by atoms with Crippen LogP contribution < -0.4 is 11.6 Å². The number of hydrogen-bond acceptors (Lipinski definition) is 3. The summed E-state index contributed by atoms with van der Waals surface area (Å²) >= 11 is 0. The fraction of sp³-hybridized carbons (Fsp3) is 0.846. The molecule has 92 valence electrons. The number of hydrazine groups is 1. The van der Waals surface area contributed by atoms with E-state index in [4.69, 9.17) is 11.6 Å². The summed E-state index contributed by atoms with van der Waals surface area (Å²) in [5.74, 6) is 7.46. The van der Waals surface area contributed by atoms with E-state index in [0.717, 1.165) is 11.6 Å². The van der Waals surface area contributed by atoms with Crippen LogP contribution in [0.2, 0.25) is 0 Å². The van der Waals surface area contributed by atoms with Crippen LogP contribution in [-0.2, 0) is 0 Å². The van der Waals surface area contributed by atoms with Crippen LogP contribution in [0.3, 0.4) is 0 Å². The third-order valence-corrected chi connectivity index (χ3v) is 4.15. The molecule has 4 N–H and O–H groups in total. The maximum absolute atomic E-state index is 6.09. The molecule has 0 heterocycles. The van der Waals surface area contributed by atoms with Crippen LogP contribution in [0.25, 0.3) is 0 Å². The predicted octanol–water partition coefficient (Wildman–Crippen LogP) is 2.34. The first-order chi connectivity index (χ1) is 7.68. The Bertz CT molecular complexity index is 252. The molecule has 1 atom stereocenters. The molecule has 0 saturated heterocycles. The highest BCUT2D eigenvalue weighted by Gasteiger charge is 2.26. The van der Waals surface area contributed by atoms with Gasteiger partial charge in [-0.2, -0.15) is 0 Å². The summed E-state index contributed by atoms with van der Waals surface area (Å²) in [6.45, 7) is 2.23. The van der Waals surface area contributed by atoms with Gasteiger partial charge in [-0.1, -0.05) is 19.3 Å². The molecule has 0 aromatic carbocycles. The lowest BCUT2D eigenvalue weighted by Crippen LogP contribution is -2.41. The van der Waals surface area contributed by atoms with E-state index in [1.807, 2.05) is 11.2 Å². The lowest BCUT2D eigenvalue weighted by Gasteiger charge is -2.33. The van der Waals surface area contributed by atoms with E-state index >= 15 is 0 Å². The maximum atomic E-state index is 6.09. The van der Waals surface area contributed by atoms with Gasteiger partial charge in [-0.15, -0.1) is 0 Å². The van der Waals surface area contributed by atoms with E-state index in [0.29, 0.717) is 12.0 Å². The maximum Gasteiger partial charge on any atom is 0.0446 e. The third kappa shape index (κ3) is 2.91. The third-order valence-electron chi connectivity index (χ3n) is 4.15. The van der Waals surface area contributed by atoms with Gasteiger partial charge in [-0.3, -0.25) is 0 Å². The highest BCUT2D eigenvalue weighted by atomic mass is 15.4. The molecule has 3 nitrogen and oxygen atoms in total. The van der Waals surface area contributed by atoms with Crippen LogP contribution in [0.4, 0.5) is 0 Å². The van der Waals surface area contributed by atoms with Gasteiger partial charge in [-0.25, -0.2) is 5.84 Å². The molecule has 16 heavy (non-hydrogen) atoms. The van der Waals surface area contributed by atoms with Gasteiger partial charge in [0.15, 0.2) is 0 Å². The van der Waals surface area contributed by atoms with Crippen molar-refractivity contribution in [2.24, 2.45) is 23.4 Å². The minimum atomic E-state index is 0.428. The predicted molar refractivity (Wildman–Crippen MR) is 67.1 cm³/mol. The minimum Gasteiger partial charge on any atom is -0.401 e. The normalized spacial score (nSPS) is 25.5. The molecular formula is C13H25N3. The van der Waals surface area contributed by atoms with Crippen LogP contribution in [0.5, 0.6) is 0 Å². The molecule has 0 spiro atoms. The number of hydrogen-bond donors (Lipinski definition) is 2.